The normalized spacial score (nSPS) is 23.4. The zero-order chi connectivity index (χ0) is 13.8. The summed E-state index contributed by atoms with van der Waals surface area (Å²) in [5.41, 5.74) is 7.44. The van der Waals surface area contributed by atoms with Gasteiger partial charge in [0, 0.05) is 12.5 Å². The van der Waals surface area contributed by atoms with Gasteiger partial charge in [0.25, 0.3) is 0 Å². The summed E-state index contributed by atoms with van der Waals surface area (Å²) >= 11 is 0. The number of nitrogens with two attached hydrogens (primary N) is 1. The van der Waals surface area contributed by atoms with Gasteiger partial charge in [-0.3, -0.25) is 0 Å². The predicted molar refractivity (Wildman–Crippen MR) is 77.3 cm³/mol. The van der Waals surface area contributed by atoms with Gasteiger partial charge in [0.15, 0.2) is 5.82 Å². The molecule has 0 amide bonds. The van der Waals surface area contributed by atoms with Crippen LogP contribution in [0.25, 0.3) is 0 Å². The zero-order valence-corrected chi connectivity index (χ0v) is 11.7. The number of hydrogen-bond acceptors (Lipinski definition) is 4. The topological polar surface area (TPSA) is 64.9 Å². The van der Waals surface area contributed by atoms with Gasteiger partial charge in [0.1, 0.15) is 0 Å². The average molecular weight is 271 g/mol. The molecule has 4 nitrogen and oxygen atoms in total. The maximum atomic E-state index is 6.25. The van der Waals surface area contributed by atoms with Gasteiger partial charge in [-0.05, 0) is 18.4 Å². The molecule has 20 heavy (non-hydrogen) atoms. The van der Waals surface area contributed by atoms with Crippen molar-refractivity contribution in [3.8, 4) is 0 Å². The third-order valence-electron chi connectivity index (χ3n) is 4.08. The fourth-order valence-corrected chi connectivity index (χ4v) is 2.91. The van der Waals surface area contributed by atoms with Gasteiger partial charge >= 0.3 is 0 Å². The first-order valence-electron chi connectivity index (χ1n) is 7.45. The Balaban J connectivity index is 1.72. The van der Waals surface area contributed by atoms with Crippen LogP contribution in [0.5, 0.6) is 0 Å². The van der Waals surface area contributed by atoms with Crippen molar-refractivity contribution in [3.05, 3.63) is 47.6 Å². The Morgan fingerprint density at radius 1 is 1.10 bits per heavy atom. The van der Waals surface area contributed by atoms with E-state index >= 15 is 0 Å². The molecule has 2 N–H and O–H groups in total. The van der Waals surface area contributed by atoms with Gasteiger partial charge in [-0.1, -0.05) is 54.8 Å². The predicted octanol–water partition coefficient (Wildman–Crippen LogP) is 3.04. The molecule has 1 fully saturated rings. The molecule has 1 aromatic carbocycles. The van der Waals surface area contributed by atoms with Crippen molar-refractivity contribution in [2.75, 3.05) is 0 Å². The number of benzene rings is 1. The van der Waals surface area contributed by atoms with E-state index in [1.54, 1.807) is 0 Å². The summed E-state index contributed by atoms with van der Waals surface area (Å²) in [7, 11) is 0. The zero-order valence-electron chi connectivity index (χ0n) is 11.7. The third-order valence-corrected chi connectivity index (χ3v) is 4.08. The Morgan fingerprint density at radius 3 is 2.75 bits per heavy atom. The first-order valence-corrected chi connectivity index (χ1v) is 7.45. The molecule has 2 aromatic rings. The van der Waals surface area contributed by atoms with Crippen molar-refractivity contribution < 1.29 is 4.52 Å². The first-order chi connectivity index (χ1) is 9.83. The summed E-state index contributed by atoms with van der Waals surface area (Å²) in [4.78, 5) is 4.56. The van der Waals surface area contributed by atoms with Gasteiger partial charge < -0.3 is 10.3 Å². The molecule has 4 heteroatoms. The van der Waals surface area contributed by atoms with E-state index in [2.05, 4.69) is 22.3 Å². The Labute approximate surface area is 119 Å². The summed E-state index contributed by atoms with van der Waals surface area (Å²) in [6, 6.07) is 10.4. The lowest BCUT2D eigenvalue weighted by Crippen LogP contribution is -2.27. The molecule has 0 saturated heterocycles. The largest absolute Gasteiger partial charge is 0.339 e. The van der Waals surface area contributed by atoms with Crippen LogP contribution in [0, 0.1) is 0 Å². The quantitative estimate of drug-likeness (QED) is 0.871. The molecule has 2 unspecified atom stereocenters. The van der Waals surface area contributed by atoms with Crippen LogP contribution in [0.15, 0.2) is 34.9 Å². The molecule has 3 rings (SSSR count). The van der Waals surface area contributed by atoms with Crippen LogP contribution >= 0.6 is 0 Å². The van der Waals surface area contributed by atoms with Crippen molar-refractivity contribution in [1.29, 1.82) is 0 Å². The van der Waals surface area contributed by atoms with Gasteiger partial charge in [-0.15, -0.1) is 0 Å². The monoisotopic (exact) mass is 271 g/mol. The maximum Gasteiger partial charge on any atom is 0.231 e. The van der Waals surface area contributed by atoms with E-state index in [1.165, 1.54) is 24.8 Å². The molecule has 0 bridgehead atoms. The minimum Gasteiger partial charge on any atom is -0.339 e. The van der Waals surface area contributed by atoms with Gasteiger partial charge in [0.2, 0.25) is 5.89 Å². The number of aromatic nitrogens is 2. The van der Waals surface area contributed by atoms with E-state index in [0.717, 1.165) is 24.6 Å². The number of nitrogens with zero attached hydrogens (tertiary/aromatic N) is 2. The average Bonchev–Trinajstić information content (AvgIpc) is 2.81. The van der Waals surface area contributed by atoms with Crippen molar-refractivity contribution in [2.24, 2.45) is 5.73 Å². The SMILES string of the molecule is NC1CCCCCC1c1nc(Cc2ccccc2)no1. The highest BCUT2D eigenvalue weighted by Crippen LogP contribution is 2.30. The molecule has 0 radical (unpaired) electrons. The van der Waals surface area contributed by atoms with Crippen LogP contribution in [0.3, 0.4) is 0 Å². The summed E-state index contributed by atoms with van der Waals surface area (Å²) < 4.78 is 5.46. The molecule has 0 aliphatic heterocycles. The first kappa shape index (κ1) is 13.3. The van der Waals surface area contributed by atoms with Crippen molar-refractivity contribution in [1.82, 2.24) is 10.1 Å². The van der Waals surface area contributed by atoms with Crippen LogP contribution in [0.2, 0.25) is 0 Å². The second-order valence-corrected chi connectivity index (χ2v) is 5.62. The molecule has 1 aliphatic rings. The maximum absolute atomic E-state index is 6.25. The smallest absolute Gasteiger partial charge is 0.231 e. The fourth-order valence-electron chi connectivity index (χ4n) is 2.91. The van der Waals surface area contributed by atoms with E-state index in [9.17, 15) is 0 Å². The van der Waals surface area contributed by atoms with E-state index in [4.69, 9.17) is 10.3 Å². The lowest BCUT2D eigenvalue weighted by molar-refractivity contribution is 0.323. The lowest BCUT2D eigenvalue weighted by atomic mass is 9.95. The van der Waals surface area contributed by atoms with Crippen LogP contribution in [-0.4, -0.2) is 16.2 Å². The Morgan fingerprint density at radius 2 is 1.90 bits per heavy atom. The van der Waals surface area contributed by atoms with Crippen molar-refractivity contribution >= 4 is 0 Å². The standard InChI is InChI=1S/C16H21N3O/c17-14-10-6-2-5-9-13(14)16-18-15(19-20-16)11-12-7-3-1-4-8-12/h1,3-4,7-8,13-14H,2,5-6,9-11,17H2. The minimum atomic E-state index is 0.155. The molecular formula is C16H21N3O. The highest BCUT2D eigenvalue weighted by Gasteiger charge is 2.27. The van der Waals surface area contributed by atoms with E-state index < -0.39 is 0 Å². The van der Waals surface area contributed by atoms with Gasteiger partial charge in [0.05, 0.1) is 5.92 Å². The van der Waals surface area contributed by atoms with Crippen LogP contribution in [0.4, 0.5) is 0 Å². The summed E-state index contributed by atoms with van der Waals surface area (Å²) in [6.07, 6.45) is 6.51. The Hall–Kier alpha value is -1.68. The fraction of sp³-hybridized carbons (Fsp3) is 0.500. The molecule has 0 spiro atoms. The minimum absolute atomic E-state index is 0.155. The summed E-state index contributed by atoms with van der Waals surface area (Å²) in [6.45, 7) is 0. The van der Waals surface area contributed by atoms with E-state index in [1.807, 2.05) is 18.2 Å². The Bertz CT molecular complexity index is 538. The molecule has 1 saturated carbocycles. The highest BCUT2D eigenvalue weighted by molar-refractivity contribution is 5.18. The second kappa shape index (κ2) is 6.18. The van der Waals surface area contributed by atoms with Crippen molar-refractivity contribution in [2.45, 2.75) is 50.5 Å². The second-order valence-electron chi connectivity index (χ2n) is 5.62. The number of rotatable bonds is 3. The summed E-state index contributed by atoms with van der Waals surface area (Å²) in [5, 5.41) is 4.11. The molecule has 2 atom stereocenters. The van der Waals surface area contributed by atoms with E-state index in [-0.39, 0.29) is 12.0 Å². The van der Waals surface area contributed by atoms with Crippen LogP contribution < -0.4 is 5.73 Å². The molecule has 106 valence electrons. The van der Waals surface area contributed by atoms with Crippen LogP contribution in [-0.2, 0) is 6.42 Å². The number of hydrogen-bond donors (Lipinski definition) is 1. The molecule has 1 heterocycles. The van der Waals surface area contributed by atoms with Gasteiger partial charge in [-0.25, -0.2) is 0 Å². The third kappa shape index (κ3) is 3.07. The summed E-state index contributed by atoms with van der Waals surface area (Å²) in [5.74, 6) is 1.71. The molecule has 1 aromatic heterocycles. The Kier molecular flexibility index (Phi) is 4.11. The molecule has 1 aliphatic carbocycles. The highest BCUT2D eigenvalue weighted by atomic mass is 16.5. The van der Waals surface area contributed by atoms with Crippen LogP contribution in [0.1, 0.15) is 55.3 Å². The van der Waals surface area contributed by atoms with Crippen molar-refractivity contribution in [3.63, 3.8) is 0 Å². The van der Waals surface area contributed by atoms with E-state index in [0.29, 0.717) is 6.42 Å². The lowest BCUT2D eigenvalue weighted by Gasteiger charge is -2.16. The molecular weight excluding hydrogens is 250 g/mol. The van der Waals surface area contributed by atoms with Gasteiger partial charge in [-0.2, -0.15) is 4.98 Å².